The average molecular weight is 231 g/mol. The number of benzene rings is 1. The molecule has 0 amide bonds. The molecule has 2 rings (SSSR count). The van der Waals surface area contributed by atoms with Crippen LogP contribution in [-0.4, -0.2) is 0 Å². The van der Waals surface area contributed by atoms with Crippen LogP contribution < -0.4 is 5.32 Å². The Morgan fingerprint density at radius 3 is 2.38 bits per heavy atom. The predicted molar refractivity (Wildman–Crippen MR) is 72.2 cm³/mol. The summed E-state index contributed by atoms with van der Waals surface area (Å²) >= 11 is 1.85. The van der Waals surface area contributed by atoms with E-state index in [1.54, 1.807) is 0 Å². The second-order valence-electron chi connectivity index (χ2n) is 3.92. The fourth-order valence-corrected chi connectivity index (χ4v) is 2.46. The summed E-state index contributed by atoms with van der Waals surface area (Å²) in [5.74, 6) is 0. The lowest BCUT2D eigenvalue weighted by atomic mass is 10.1. The van der Waals surface area contributed by atoms with E-state index in [1.807, 2.05) is 11.3 Å². The van der Waals surface area contributed by atoms with Gasteiger partial charge in [0, 0.05) is 22.0 Å². The van der Waals surface area contributed by atoms with Crippen LogP contribution in [0.2, 0.25) is 0 Å². The van der Waals surface area contributed by atoms with Gasteiger partial charge in [0.25, 0.3) is 0 Å². The van der Waals surface area contributed by atoms with Crippen molar-refractivity contribution in [2.24, 2.45) is 0 Å². The van der Waals surface area contributed by atoms with Gasteiger partial charge in [0.05, 0.1) is 0 Å². The van der Waals surface area contributed by atoms with E-state index in [9.17, 15) is 0 Å². The lowest BCUT2D eigenvalue weighted by Gasteiger charge is -2.05. The Kier molecular flexibility index (Phi) is 3.62. The standard InChI is InChI=1S/C14H17NS/c1-3-12-5-7-13(8-6-12)15-10-14-9-4-11(2)16-14/h4-9,15H,3,10H2,1-2H3. The molecule has 1 N–H and O–H groups in total. The fourth-order valence-electron chi connectivity index (χ4n) is 1.63. The van der Waals surface area contributed by atoms with E-state index in [-0.39, 0.29) is 0 Å². The fraction of sp³-hybridized carbons (Fsp3) is 0.286. The van der Waals surface area contributed by atoms with Gasteiger partial charge in [-0.05, 0) is 43.2 Å². The van der Waals surface area contributed by atoms with Crippen molar-refractivity contribution in [3.8, 4) is 0 Å². The Labute approximate surface area is 101 Å². The Morgan fingerprint density at radius 2 is 1.81 bits per heavy atom. The molecular weight excluding hydrogens is 214 g/mol. The molecule has 2 aromatic rings. The minimum Gasteiger partial charge on any atom is -0.380 e. The molecule has 0 radical (unpaired) electrons. The van der Waals surface area contributed by atoms with Gasteiger partial charge in [-0.25, -0.2) is 0 Å². The highest BCUT2D eigenvalue weighted by molar-refractivity contribution is 7.11. The number of rotatable bonds is 4. The van der Waals surface area contributed by atoms with Crippen LogP contribution in [0.25, 0.3) is 0 Å². The molecule has 0 atom stereocenters. The Balaban J connectivity index is 1.94. The maximum atomic E-state index is 3.44. The zero-order chi connectivity index (χ0) is 11.4. The molecule has 84 valence electrons. The Hall–Kier alpha value is -1.28. The summed E-state index contributed by atoms with van der Waals surface area (Å²) in [7, 11) is 0. The van der Waals surface area contributed by atoms with Crippen LogP contribution in [0.3, 0.4) is 0 Å². The predicted octanol–water partition coefficient (Wildman–Crippen LogP) is 4.23. The molecule has 1 heterocycles. The Morgan fingerprint density at radius 1 is 1.06 bits per heavy atom. The summed E-state index contributed by atoms with van der Waals surface area (Å²) in [6, 6.07) is 13.0. The minimum absolute atomic E-state index is 0.921. The van der Waals surface area contributed by atoms with Crippen LogP contribution in [0, 0.1) is 6.92 Å². The van der Waals surface area contributed by atoms with Crippen molar-refractivity contribution in [3.05, 3.63) is 51.7 Å². The highest BCUT2D eigenvalue weighted by Gasteiger charge is 1.97. The summed E-state index contributed by atoms with van der Waals surface area (Å²) in [6.45, 7) is 5.24. The largest absolute Gasteiger partial charge is 0.380 e. The van der Waals surface area contributed by atoms with E-state index < -0.39 is 0 Å². The molecule has 0 aliphatic carbocycles. The van der Waals surface area contributed by atoms with Crippen molar-refractivity contribution in [2.45, 2.75) is 26.8 Å². The van der Waals surface area contributed by atoms with Crippen molar-refractivity contribution in [1.82, 2.24) is 0 Å². The van der Waals surface area contributed by atoms with E-state index in [0.717, 1.165) is 13.0 Å². The molecular formula is C14H17NS. The maximum Gasteiger partial charge on any atom is 0.0494 e. The quantitative estimate of drug-likeness (QED) is 0.830. The third-order valence-electron chi connectivity index (χ3n) is 2.62. The summed E-state index contributed by atoms with van der Waals surface area (Å²) in [5.41, 5.74) is 2.58. The monoisotopic (exact) mass is 231 g/mol. The first-order chi connectivity index (χ1) is 7.78. The summed E-state index contributed by atoms with van der Waals surface area (Å²) in [4.78, 5) is 2.76. The zero-order valence-electron chi connectivity index (χ0n) is 9.79. The molecule has 0 saturated carbocycles. The van der Waals surface area contributed by atoms with E-state index in [0.29, 0.717) is 0 Å². The van der Waals surface area contributed by atoms with E-state index >= 15 is 0 Å². The number of aryl methyl sites for hydroxylation is 2. The minimum atomic E-state index is 0.921. The van der Waals surface area contributed by atoms with Gasteiger partial charge >= 0.3 is 0 Å². The molecule has 0 fully saturated rings. The van der Waals surface area contributed by atoms with Crippen LogP contribution in [0.15, 0.2) is 36.4 Å². The van der Waals surface area contributed by atoms with Crippen LogP contribution in [0.5, 0.6) is 0 Å². The van der Waals surface area contributed by atoms with Gasteiger partial charge in [-0.2, -0.15) is 0 Å². The van der Waals surface area contributed by atoms with E-state index in [1.165, 1.54) is 21.0 Å². The molecule has 1 aromatic carbocycles. The summed E-state index contributed by atoms with van der Waals surface area (Å²) in [6.07, 6.45) is 1.10. The number of thiophene rings is 1. The summed E-state index contributed by atoms with van der Waals surface area (Å²) < 4.78 is 0. The second kappa shape index (κ2) is 5.17. The molecule has 16 heavy (non-hydrogen) atoms. The molecule has 1 aromatic heterocycles. The SMILES string of the molecule is CCc1ccc(NCc2ccc(C)s2)cc1. The Bertz CT molecular complexity index is 442. The van der Waals surface area contributed by atoms with Gasteiger partial charge in [-0.15, -0.1) is 11.3 Å². The third-order valence-corrected chi connectivity index (χ3v) is 3.63. The van der Waals surface area contributed by atoms with Crippen molar-refractivity contribution in [1.29, 1.82) is 0 Å². The lowest BCUT2D eigenvalue weighted by molar-refractivity contribution is 1.13. The molecule has 2 heteroatoms. The normalized spacial score (nSPS) is 10.4. The van der Waals surface area contributed by atoms with Crippen LogP contribution in [0.4, 0.5) is 5.69 Å². The van der Waals surface area contributed by atoms with E-state index in [4.69, 9.17) is 0 Å². The summed E-state index contributed by atoms with van der Waals surface area (Å²) in [5, 5.41) is 3.44. The van der Waals surface area contributed by atoms with Gasteiger partial charge in [0.1, 0.15) is 0 Å². The lowest BCUT2D eigenvalue weighted by Crippen LogP contribution is -1.97. The first kappa shape index (κ1) is 11.2. The van der Waals surface area contributed by atoms with Gasteiger partial charge in [0.2, 0.25) is 0 Å². The van der Waals surface area contributed by atoms with Gasteiger partial charge in [-0.1, -0.05) is 19.1 Å². The van der Waals surface area contributed by atoms with Gasteiger partial charge < -0.3 is 5.32 Å². The molecule has 0 saturated heterocycles. The highest BCUT2D eigenvalue weighted by Crippen LogP contribution is 2.17. The topological polar surface area (TPSA) is 12.0 Å². The average Bonchev–Trinajstić information content (AvgIpc) is 2.73. The molecule has 0 bridgehead atoms. The van der Waals surface area contributed by atoms with Crippen molar-refractivity contribution < 1.29 is 0 Å². The van der Waals surface area contributed by atoms with Crippen molar-refractivity contribution in [3.63, 3.8) is 0 Å². The highest BCUT2D eigenvalue weighted by atomic mass is 32.1. The molecule has 0 spiro atoms. The van der Waals surface area contributed by atoms with Crippen molar-refractivity contribution in [2.75, 3.05) is 5.32 Å². The zero-order valence-corrected chi connectivity index (χ0v) is 10.6. The molecule has 0 aliphatic heterocycles. The van der Waals surface area contributed by atoms with Crippen LogP contribution >= 0.6 is 11.3 Å². The molecule has 0 unspecified atom stereocenters. The maximum absolute atomic E-state index is 3.44. The van der Waals surface area contributed by atoms with Gasteiger partial charge in [0.15, 0.2) is 0 Å². The van der Waals surface area contributed by atoms with Crippen LogP contribution in [0.1, 0.15) is 22.2 Å². The van der Waals surface area contributed by atoms with Gasteiger partial charge in [-0.3, -0.25) is 0 Å². The molecule has 0 aliphatic rings. The number of hydrogen-bond donors (Lipinski definition) is 1. The first-order valence-corrected chi connectivity index (χ1v) is 6.47. The number of nitrogens with one attached hydrogen (secondary N) is 1. The van der Waals surface area contributed by atoms with Crippen molar-refractivity contribution >= 4 is 17.0 Å². The van der Waals surface area contributed by atoms with Crippen LogP contribution in [-0.2, 0) is 13.0 Å². The smallest absolute Gasteiger partial charge is 0.0494 e. The first-order valence-electron chi connectivity index (χ1n) is 5.66. The third kappa shape index (κ3) is 2.86. The number of hydrogen-bond acceptors (Lipinski definition) is 2. The number of anilines is 1. The molecule has 1 nitrogen and oxygen atoms in total. The second-order valence-corrected chi connectivity index (χ2v) is 5.29. The van der Waals surface area contributed by atoms with E-state index in [2.05, 4.69) is 55.6 Å².